The monoisotopic (exact) mass is 261 g/mol. The predicted molar refractivity (Wildman–Crippen MR) is 64.9 cm³/mol. The first kappa shape index (κ1) is 13.3. The van der Waals surface area contributed by atoms with Crippen LogP contribution >= 0.6 is 23.2 Å². The van der Waals surface area contributed by atoms with Crippen molar-refractivity contribution in [1.29, 1.82) is 0 Å². The molecule has 0 bridgehead atoms. The zero-order chi connectivity index (χ0) is 12.1. The largest absolute Gasteiger partial charge is 0.384 e. The molecule has 1 atom stereocenters. The van der Waals surface area contributed by atoms with Crippen molar-refractivity contribution in [2.45, 2.75) is 19.4 Å². The van der Waals surface area contributed by atoms with Crippen molar-refractivity contribution in [1.82, 2.24) is 5.32 Å². The van der Waals surface area contributed by atoms with Crippen LogP contribution in [0.15, 0.2) is 18.2 Å². The van der Waals surface area contributed by atoms with E-state index in [1.54, 1.807) is 12.1 Å². The third-order valence-corrected chi connectivity index (χ3v) is 2.82. The summed E-state index contributed by atoms with van der Waals surface area (Å²) in [5.74, 6) is -0.375. The Labute approximate surface area is 104 Å². The van der Waals surface area contributed by atoms with E-state index < -0.39 is 6.10 Å². The van der Waals surface area contributed by atoms with Gasteiger partial charge in [-0.3, -0.25) is 4.79 Å². The second-order valence-corrected chi connectivity index (χ2v) is 4.28. The number of hydrogen-bond acceptors (Lipinski definition) is 2. The van der Waals surface area contributed by atoms with E-state index >= 15 is 0 Å². The molecule has 1 rings (SSSR count). The summed E-state index contributed by atoms with van der Waals surface area (Å²) in [6.45, 7) is 1.89. The van der Waals surface area contributed by atoms with E-state index in [1.165, 1.54) is 6.92 Å². The molecule has 1 aromatic rings. The first-order valence-electron chi connectivity index (χ1n) is 4.90. The number of carbonyl (C=O) groups is 1. The Morgan fingerprint density at radius 1 is 1.44 bits per heavy atom. The molecule has 0 saturated carbocycles. The molecule has 0 aliphatic rings. The number of amides is 1. The van der Waals surface area contributed by atoms with Gasteiger partial charge in [0.1, 0.15) is 6.10 Å². The van der Waals surface area contributed by atoms with Crippen LogP contribution < -0.4 is 5.32 Å². The lowest BCUT2D eigenvalue weighted by Crippen LogP contribution is -2.33. The molecule has 0 aliphatic heterocycles. The first-order chi connectivity index (χ1) is 7.50. The molecule has 0 aromatic heterocycles. The zero-order valence-corrected chi connectivity index (χ0v) is 10.3. The summed E-state index contributed by atoms with van der Waals surface area (Å²) >= 11 is 11.6. The summed E-state index contributed by atoms with van der Waals surface area (Å²) < 4.78 is 0. The molecule has 88 valence electrons. The average Bonchev–Trinajstić information content (AvgIpc) is 2.23. The second kappa shape index (κ2) is 6.09. The Hall–Kier alpha value is -0.770. The van der Waals surface area contributed by atoms with E-state index in [-0.39, 0.29) is 5.91 Å². The maximum atomic E-state index is 11.0. The van der Waals surface area contributed by atoms with Crippen molar-refractivity contribution >= 4 is 29.1 Å². The molecule has 2 N–H and O–H groups in total. The lowest BCUT2D eigenvalue weighted by molar-refractivity contribution is -0.128. The van der Waals surface area contributed by atoms with Gasteiger partial charge in [0, 0.05) is 6.54 Å². The van der Waals surface area contributed by atoms with Crippen LogP contribution in [0.4, 0.5) is 0 Å². The Kier molecular flexibility index (Phi) is 5.06. The summed E-state index contributed by atoms with van der Waals surface area (Å²) in [4.78, 5) is 11.0. The Balaban J connectivity index is 2.43. The summed E-state index contributed by atoms with van der Waals surface area (Å²) in [5.41, 5.74) is 0.986. The molecular weight excluding hydrogens is 249 g/mol. The quantitative estimate of drug-likeness (QED) is 0.872. The van der Waals surface area contributed by atoms with Crippen molar-refractivity contribution in [3.8, 4) is 0 Å². The summed E-state index contributed by atoms with van der Waals surface area (Å²) in [6, 6.07) is 5.33. The summed E-state index contributed by atoms with van der Waals surface area (Å²) in [7, 11) is 0. The normalized spacial score (nSPS) is 12.2. The Morgan fingerprint density at radius 3 is 2.69 bits per heavy atom. The molecule has 1 unspecified atom stereocenters. The van der Waals surface area contributed by atoms with E-state index in [0.29, 0.717) is 23.0 Å². The molecule has 0 heterocycles. The number of carbonyl (C=O) groups excluding carboxylic acids is 1. The lowest BCUT2D eigenvalue weighted by Gasteiger charge is -2.07. The van der Waals surface area contributed by atoms with Crippen LogP contribution in [0.5, 0.6) is 0 Å². The smallest absolute Gasteiger partial charge is 0.248 e. The molecule has 0 spiro atoms. The molecular formula is C11H13Cl2NO2. The fraction of sp³-hybridized carbons (Fsp3) is 0.364. The Morgan fingerprint density at radius 2 is 2.12 bits per heavy atom. The van der Waals surface area contributed by atoms with Crippen LogP contribution in [-0.2, 0) is 11.2 Å². The molecule has 0 saturated heterocycles. The van der Waals surface area contributed by atoms with Crippen LogP contribution in [0, 0.1) is 0 Å². The number of aliphatic hydroxyl groups is 1. The SMILES string of the molecule is CC(O)C(=O)NCCc1ccc(Cl)c(Cl)c1. The van der Waals surface area contributed by atoms with Gasteiger partial charge in [-0.05, 0) is 31.0 Å². The number of benzene rings is 1. The van der Waals surface area contributed by atoms with Gasteiger partial charge in [0.2, 0.25) is 5.91 Å². The number of hydrogen-bond donors (Lipinski definition) is 2. The molecule has 0 aliphatic carbocycles. The molecule has 3 nitrogen and oxygen atoms in total. The van der Waals surface area contributed by atoms with Gasteiger partial charge in [0.15, 0.2) is 0 Å². The Bertz CT molecular complexity index is 380. The van der Waals surface area contributed by atoms with Crippen LogP contribution in [-0.4, -0.2) is 23.7 Å². The van der Waals surface area contributed by atoms with E-state index in [0.717, 1.165) is 5.56 Å². The third kappa shape index (κ3) is 4.00. The highest BCUT2D eigenvalue weighted by Gasteiger charge is 2.07. The molecule has 0 fully saturated rings. The molecule has 16 heavy (non-hydrogen) atoms. The summed E-state index contributed by atoms with van der Waals surface area (Å²) in [6.07, 6.45) is -0.330. The van der Waals surface area contributed by atoms with Gasteiger partial charge in [-0.15, -0.1) is 0 Å². The average molecular weight is 262 g/mol. The van der Waals surface area contributed by atoms with E-state index in [1.807, 2.05) is 6.07 Å². The predicted octanol–water partition coefficient (Wildman–Crippen LogP) is 2.03. The van der Waals surface area contributed by atoms with Gasteiger partial charge in [0.25, 0.3) is 0 Å². The van der Waals surface area contributed by atoms with Gasteiger partial charge in [-0.1, -0.05) is 29.3 Å². The van der Waals surface area contributed by atoms with Crippen molar-refractivity contribution in [2.75, 3.05) is 6.54 Å². The van der Waals surface area contributed by atoms with Gasteiger partial charge < -0.3 is 10.4 Å². The third-order valence-electron chi connectivity index (χ3n) is 2.08. The second-order valence-electron chi connectivity index (χ2n) is 3.47. The van der Waals surface area contributed by atoms with Crippen molar-refractivity contribution in [3.05, 3.63) is 33.8 Å². The first-order valence-corrected chi connectivity index (χ1v) is 5.66. The standard InChI is InChI=1S/C11H13Cl2NO2/c1-7(15)11(16)14-5-4-8-2-3-9(12)10(13)6-8/h2-3,6-7,15H,4-5H2,1H3,(H,14,16). The van der Waals surface area contributed by atoms with Gasteiger partial charge >= 0.3 is 0 Å². The highest BCUT2D eigenvalue weighted by molar-refractivity contribution is 6.42. The van der Waals surface area contributed by atoms with Crippen LogP contribution in [0.2, 0.25) is 10.0 Å². The number of aliphatic hydroxyl groups excluding tert-OH is 1. The van der Waals surface area contributed by atoms with Gasteiger partial charge in [-0.2, -0.15) is 0 Å². The van der Waals surface area contributed by atoms with Crippen LogP contribution in [0.1, 0.15) is 12.5 Å². The fourth-order valence-electron chi connectivity index (χ4n) is 1.17. The topological polar surface area (TPSA) is 49.3 Å². The highest BCUT2D eigenvalue weighted by atomic mass is 35.5. The summed E-state index contributed by atoms with van der Waals surface area (Å²) in [5, 5.41) is 12.6. The lowest BCUT2D eigenvalue weighted by atomic mass is 10.1. The molecule has 0 radical (unpaired) electrons. The minimum absolute atomic E-state index is 0.375. The van der Waals surface area contributed by atoms with Gasteiger partial charge in [0.05, 0.1) is 10.0 Å². The number of halogens is 2. The molecule has 5 heteroatoms. The molecule has 1 aromatic carbocycles. The maximum Gasteiger partial charge on any atom is 0.248 e. The number of nitrogens with one attached hydrogen (secondary N) is 1. The van der Waals surface area contributed by atoms with Crippen molar-refractivity contribution in [3.63, 3.8) is 0 Å². The van der Waals surface area contributed by atoms with E-state index in [9.17, 15) is 4.79 Å². The number of rotatable bonds is 4. The molecule has 1 amide bonds. The fourth-order valence-corrected chi connectivity index (χ4v) is 1.49. The zero-order valence-electron chi connectivity index (χ0n) is 8.84. The van der Waals surface area contributed by atoms with Crippen LogP contribution in [0.3, 0.4) is 0 Å². The van der Waals surface area contributed by atoms with Gasteiger partial charge in [-0.25, -0.2) is 0 Å². The van der Waals surface area contributed by atoms with Crippen LogP contribution in [0.25, 0.3) is 0 Å². The van der Waals surface area contributed by atoms with Crippen molar-refractivity contribution in [2.24, 2.45) is 0 Å². The maximum absolute atomic E-state index is 11.0. The minimum Gasteiger partial charge on any atom is -0.384 e. The van der Waals surface area contributed by atoms with E-state index in [2.05, 4.69) is 5.32 Å². The van der Waals surface area contributed by atoms with E-state index in [4.69, 9.17) is 28.3 Å². The van der Waals surface area contributed by atoms with Crippen molar-refractivity contribution < 1.29 is 9.90 Å². The minimum atomic E-state index is -0.978. The highest BCUT2D eigenvalue weighted by Crippen LogP contribution is 2.22.